The zero-order valence-corrected chi connectivity index (χ0v) is 12.8. The average molecular weight is 319 g/mol. The van der Waals surface area contributed by atoms with E-state index in [-0.39, 0.29) is 23.1 Å². The number of ether oxygens (including phenoxy) is 1. The number of hydrogen-bond donors (Lipinski definition) is 2. The van der Waals surface area contributed by atoms with Gasteiger partial charge in [0.2, 0.25) is 10.0 Å². The van der Waals surface area contributed by atoms with Crippen molar-refractivity contribution in [3.63, 3.8) is 0 Å². The summed E-state index contributed by atoms with van der Waals surface area (Å²) in [6.07, 6.45) is 0. The van der Waals surface area contributed by atoms with Crippen LogP contribution in [0.5, 0.6) is 5.75 Å². The van der Waals surface area contributed by atoms with Crippen molar-refractivity contribution in [3.05, 3.63) is 24.0 Å². The summed E-state index contributed by atoms with van der Waals surface area (Å²) in [5.74, 6) is -3.06. The fraction of sp³-hybridized carbons (Fsp3) is 0.462. The van der Waals surface area contributed by atoms with Crippen LogP contribution < -0.4 is 9.46 Å². The zero-order valence-electron chi connectivity index (χ0n) is 12.0. The molecule has 0 aliphatic rings. The second-order valence-electron chi connectivity index (χ2n) is 4.84. The highest BCUT2D eigenvalue weighted by Gasteiger charge is 2.25. The highest BCUT2D eigenvalue weighted by molar-refractivity contribution is 7.89. The van der Waals surface area contributed by atoms with E-state index >= 15 is 0 Å². The number of carbonyl (C=O) groups is 1. The van der Waals surface area contributed by atoms with E-state index in [9.17, 15) is 17.6 Å². The first kappa shape index (κ1) is 17.4. The van der Waals surface area contributed by atoms with Gasteiger partial charge in [0, 0.05) is 6.54 Å². The average Bonchev–Trinajstić information content (AvgIpc) is 2.37. The van der Waals surface area contributed by atoms with Crippen LogP contribution in [0.25, 0.3) is 0 Å². The van der Waals surface area contributed by atoms with E-state index < -0.39 is 27.7 Å². The van der Waals surface area contributed by atoms with E-state index in [0.717, 1.165) is 6.07 Å². The van der Waals surface area contributed by atoms with Crippen molar-refractivity contribution in [2.75, 3.05) is 13.7 Å². The summed E-state index contributed by atoms with van der Waals surface area (Å²) < 4.78 is 44.5. The number of aliphatic carboxylic acids is 1. The molecule has 0 radical (unpaired) electrons. The van der Waals surface area contributed by atoms with E-state index in [1.54, 1.807) is 13.8 Å². The molecule has 1 unspecified atom stereocenters. The Balaban J connectivity index is 2.91. The molecule has 21 heavy (non-hydrogen) atoms. The summed E-state index contributed by atoms with van der Waals surface area (Å²) >= 11 is 0. The smallest absolute Gasteiger partial charge is 0.308 e. The highest BCUT2D eigenvalue weighted by atomic mass is 32.2. The highest BCUT2D eigenvalue weighted by Crippen LogP contribution is 2.21. The van der Waals surface area contributed by atoms with Crippen molar-refractivity contribution in [2.45, 2.75) is 18.7 Å². The molecule has 1 atom stereocenters. The molecule has 0 saturated carbocycles. The maximum Gasteiger partial charge on any atom is 0.308 e. The third kappa shape index (κ3) is 4.40. The number of rotatable bonds is 7. The summed E-state index contributed by atoms with van der Waals surface area (Å²) in [4.78, 5) is 10.7. The Morgan fingerprint density at radius 3 is 2.48 bits per heavy atom. The van der Waals surface area contributed by atoms with Crippen molar-refractivity contribution in [2.24, 2.45) is 11.8 Å². The first-order chi connectivity index (χ1) is 9.69. The van der Waals surface area contributed by atoms with Gasteiger partial charge in [-0.3, -0.25) is 4.79 Å². The van der Waals surface area contributed by atoms with Crippen LogP contribution in [0.4, 0.5) is 4.39 Å². The van der Waals surface area contributed by atoms with Gasteiger partial charge in [-0.2, -0.15) is 0 Å². The normalized spacial score (nSPS) is 13.2. The molecule has 0 bridgehead atoms. The third-order valence-corrected chi connectivity index (χ3v) is 4.47. The van der Waals surface area contributed by atoms with Gasteiger partial charge in [0.1, 0.15) is 0 Å². The summed E-state index contributed by atoms with van der Waals surface area (Å²) in [5.41, 5.74) is 0. The van der Waals surface area contributed by atoms with Gasteiger partial charge in [0.05, 0.1) is 17.9 Å². The van der Waals surface area contributed by atoms with Gasteiger partial charge in [-0.25, -0.2) is 17.5 Å². The Hall–Kier alpha value is -1.67. The zero-order chi connectivity index (χ0) is 16.2. The Morgan fingerprint density at radius 1 is 1.43 bits per heavy atom. The van der Waals surface area contributed by atoms with Gasteiger partial charge in [0.25, 0.3) is 0 Å². The van der Waals surface area contributed by atoms with E-state index in [2.05, 4.69) is 4.72 Å². The van der Waals surface area contributed by atoms with Gasteiger partial charge in [0.15, 0.2) is 11.6 Å². The maximum absolute atomic E-state index is 13.5. The Kier molecular flexibility index (Phi) is 5.68. The molecule has 0 aliphatic heterocycles. The molecule has 6 nitrogen and oxygen atoms in total. The van der Waals surface area contributed by atoms with Crippen LogP contribution in [0.1, 0.15) is 13.8 Å². The van der Waals surface area contributed by atoms with Crippen LogP contribution in [-0.4, -0.2) is 33.1 Å². The number of methoxy groups -OCH3 is 1. The third-order valence-electron chi connectivity index (χ3n) is 3.05. The molecule has 118 valence electrons. The lowest BCUT2D eigenvalue weighted by atomic mass is 9.97. The van der Waals surface area contributed by atoms with E-state index in [1.807, 2.05) is 0 Å². The lowest BCUT2D eigenvalue weighted by molar-refractivity contribution is -0.142. The van der Waals surface area contributed by atoms with Gasteiger partial charge < -0.3 is 9.84 Å². The lowest BCUT2D eigenvalue weighted by Gasteiger charge is -2.17. The molecule has 1 aromatic rings. The minimum Gasteiger partial charge on any atom is -0.494 e. The minimum absolute atomic E-state index is 0.0699. The van der Waals surface area contributed by atoms with Gasteiger partial charge in [-0.05, 0) is 24.1 Å². The molecular formula is C13H18FNO5S. The van der Waals surface area contributed by atoms with Crippen molar-refractivity contribution in [3.8, 4) is 5.75 Å². The molecule has 0 aromatic heterocycles. The monoisotopic (exact) mass is 319 g/mol. The second-order valence-corrected chi connectivity index (χ2v) is 6.60. The fourth-order valence-electron chi connectivity index (χ4n) is 1.71. The number of carboxylic acid groups (broad SMARTS) is 1. The van der Waals surface area contributed by atoms with Gasteiger partial charge in [-0.1, -0.05) is 13.8 Å². The predicted octanol–water partition coefficient (Wildman–Crippen LogP) is 1.47. The number of carboxylic acids is 1. The quantitative estimate of drug-likeness (QED) is 0.794. The minimum atomic E-state index is -3.98. The van der Waals surface area contributed by atoms with Crippen molar-refractivity contribution < 1.29 is 27.4 Å². The first-order valence-electron chi connectivity index (χ1n) is 6.25. The molecule has 0 aliphatic carbocycles. The van der Waals surface area contributed by atoms with E-state index in [0.29, 0.717) is 0 Å². The van der Waals surface area contributed by atoms with Gasteiger partial charge >= 0.3 is 5.97 Å². The Labute approximate surface area is 123 Å². The van der Waals surface area contributed by atoms with Crippen molar-refractivity contribution >= 4 is 16.0 Å². The molecule has 0 saturated heterocycles. The molecule has 8 heteroatoms. The molecule has 0 heterocycles. The second kappa shape index (κ2) is 6.86. The van der Waals surface area contributed by atoms with Crippen LogP contribution in [0, 0.1) is 17.7 Å². The fourth-order valence-corrected chi connectivity index (χ4v) is 2.78. The van der Waals surface area contributed by atoms with Gasteiger partial charge in [-0.15, -0.1) is 0 Å². The number of halogens is 1. The number of benzene rings is 1. The van der Waals surface area contributed by atoms with Crippen LogP contribution in [-0.2, 0) is 14.8 Å². The predicted molar refractivity (Wildman–Crippen MR) is 74.1 cm³/mol. The lowest BCUT2D eigenvalue weighted by Crippen LogP contribution is -2.35. The summed E-state index contributed by atoms with van der Waals surface area (Å²) in [6, 6.07) is 3.21. The SMILES string of the molecule is COc1ccc(S(=O)(=O)NCC(C(=O)O)C(C)C)cc1F. The number of hydrogen-bond acceptors (Lipinski definition) is 4. The standard InChI is InChI=1S/C13H18FNO5S/c1-8(2)10(13(16)17)7-15-21(18,19)9-4-5-12(20-3)11(14)6-9/h4-6,8,10,15H,7H2,1-3H3,(H,16,17). The van der Waals surface area contributed by atoms with Crippen LogP contribution >= 0.6 is 0 Å². The van der Waals surface area contributed by atoms with Crippen molar-refractivity contribution in [1.82, 2.24) is 4.72 Å². The van der Waals surface area contributed by atoms with Crippen molar-refractivity contribution in [1.29, 1.82) is 0 Å². The number of sulfonamides is 1. The topological polar surface area (TPSA) is 92.7 Å². The largest absolute Gasteiger partial charge is 0.494 e. The molecule has 0 spiro atoms. The van der Waals surface area contributed by atoms with Crippen LogP contribution in [0.2, 0.25) is 0 Å². The summed E-state index contributed by atoms with van der Waals surface area (Å²) in [5, 5.41) is 9.01. The van der Waals surface area contributed by atoms with Crippen LogP contribution in [0.3, 0.4) is 0 Å². The first-order valence-corrected chi connectivity index (χ1v) is 7.73. The van der Waals surface area contributed by atoms with E-state index in [1.165, 1.54) is 19.2 Å². The summed E-state index contributed by atoms with van der Waals surface area (Å²) in [7, 11) is -2.71. The number of nitrogens with one attached hydrogen (secondary N) is 1. The molecule has 0 fully saturated rings. The summed E-state index contributed by atoms with van der Waals surface area (Å²) in [6.45, 7) is 3.10. The molecule has 2 N–H and O–H groups in total. The Morgan fingerprint density at radius 2 is 2.05 bits per heavy atom. The molecule has 1 rings (SSSR count). The molecule has 1 aromatic carbocycles. The van der Waals surface area contributed by atoms with E-state index in [4.69, 9.17) is 9.84 Å². The van der Waals surface area contributed by atoms with Crippen LogP contribution in [0.15, 0.2) is 23.1 Å². The molecule has 0 amide bonds. The Bertz CT molecular complexity index is 615. The molecular weight excluding hydrogens is 301 g/mol. The maximum atomic E-state index is 13.5.